The number of hydrogen-bond acceptors (Lipinski definition) is 5. The van der Waals surface area contributed by atoms with Crippen LogP contribution in [-0.4, -0.2) is 36.8 Å². The number of hydrogen-bond donors (Lipinski definition) is 2. The maximum Gasteiger partial charge on any atom is 0.163 e. The van der Waals surface area contributed by atoms with Crippen molar-refractivity contribution in [2.45, 2.75) is 25.7 Å². The molecule has 0 bridgehead atoms. The highest BCUT2D eigenvalue weighted by atomic mass is 16.7. The van der Waals surface area contributed by atoms with E-state index >= 15 is 0 Å². The highest BCUT2D eigenvalue weighted by Gasteiger charge is 2.33. The Labute approximate surface area is 117 Å². The van der Waals surface area contributed by atoms with Crippen molar-refractivity contribution in [1.82, 2.24) is 0 Å². The molecule has 0 aliphatic carbocycles. The Bertz CT molecular complexity index is 595. The van der Waals surface area contributed by atoms with E-state index in [0.29, 0.717) is 30.4 Å². The summed E-state index contributed by atoms with van der Waals surface area (Å²) < 4.78 is 16.8. The van der Waals surface area contributed by atoms with E-state index in [0.717, 1.165) is 5.56 Å². The lowest BCUT2D eigenvalue weighted by Crippen LogP contribution is -2.25. The molecule has 6 heteroatoms. The summed E-state index contributed by atoms with van der Waals surface area (Å²) in [5, 5.41) is 7.74. The fourth-order valence-corrected chi connectivity index (χ4v) is 2.31. The van der Waals surface area contributed by atoms with Crippen molar-refractivity contribution in [3.05, 3.63) is 29.3 Å². The average Bonchev–Trinajstić information content (AvgIpc) is 2.88. The van der Waals surface area contributed by atoms with Gasteiger partial charge in [-0.1, -0.05) is 0 Å². The van der Waals surface area contributed by atoms with Crippen molar-refractivity contribution < 1.29 is 14.2 Å². The van der Waals surface area contributed by atoms with Gasteiger partial charge in [-0.05, 0) is 32.0 Å². The predicted molar refractivity (Wildman–Crippen MR) is 74.4 cm³/mol. The lowest BCUT2D eigenvalue weighted by molar-refractivity contribution is -0.141. The number of fused-ring (bicyclic) bond motifs is 1. The second-order valence-corrected chi connectivity index (χ2v) is 5.31. The Hall–Kier alpha value is -1.92. The van der Waals surface area contributed by atoms with Crippen LogP contribution < -0.4 is 10.5 Å². The summed E-state index contributed by atoms with van der Waals surface area (Å²) in [5.74, 6) is 0.679. The van der Waals surface area contributed by atoms with Crippen LogP contribution in [-0.2, 0) is 9.47 Å². The van der Waals surface area contributed by atoms with Crippen LogP contribution in [0.25, 0.3) is 0 Å². The highest BCUT2D eigenvalue weighted by molar-refractivity contribution is 6.20. The van der Waals surface area contributed by atoms with E-state index in [1.54, 1.807) is 6.07 Å². The molecule has 1 atom stereocenters. The monoisotopic (exact) mass is 275 g/mol. The number of amidine groups is 2. The molecular formula is C14H17N3O3. The van der Waals surface area contributed by atoms with Crippen LogP contribution >= 0.6 is 0 Å². The summed E-state index contributed by atoms with van der Waals surface area (Å²) in [7, 11) is 0. The molecule has 6 nitrogen and oxygen atoms in total. The second kappa shape index (κ2) is 4.57. The fraction of sp³-hybridized carbons (Fsp3) is 0.429. The molecule has 2 aliphatic heterocycles. The van der Waals surface area contributed by atoms with Crippen LogP contribution in [0.4, 0.5) is 0 Å². The minimum Gasteiger partial charge on any atom is -0.491 e. The Kier molecular flexibility index (Phi) is 2.99. The van der Waals surface area contributed by atoms with E-state index in [9.17, 15) is 0 Å². The molecule has 20 heavy (non-hydrogen) atoms. The maximum atomic E-state index is 7.74. The summed E-state index contributed by atoms with van der Waals surface area (Å²) in [6, 6.07) is 5.42. The van der Waals surface area contributed by atoms with Crippen molar-refractivity contribution in [3.63, 3.8) is 0 Å². The normalized spacial score (nSPS) is 23.6. The van der Waals surface area contributed by atoms with Crippen molar-refractivity contribution in [3.8, 4) is 5.75 Å². The second-order valence-electron chi connectivity index (χ2n) is 5.31. The molecule has 2 aliphatic rings. The molecule has 3 N–H and O–H groups in total. The fourth-order valence-electron chi connectivity index (χ4n) is 2.31. The molecule has 0 amide bonds. The zero-order valence-electron chi connectivity index (χ0n) is 11.5. The summed E-state index contributed by atoms with van der Waals surface area (Å²) in [6.07, 6.45) is -0.0842. The molecule has 2 heterocycles. The Morgan fingerprint density at radius 3 is 2.95 bits per heavy atom. The lowest BCUT2D eigenvalue weighted by atomic mass is 10.1. The molecule has 1 fully saturated rings. The number of aliphatic imine (C=N–C) groups is 1. The number of ether oxygens (including phenoxy) is 3. The van der Waals surface area contributed by atoms with Crippen LogP contribution in [0, 0.1) is 5.41 Å². The molecule has 1 saturated heterocycles. The summed E-state index contributed by atoms with van der Waals surface area (Å²) in [4.78, 5) is 3.93. The smallest absolute Gasteiger partial charge is 0.163 e. The van der Waals surface area contributed by atoms with Crippen LogP contribution in [0.15, 0.2) is 23.2 Å². The molecular weight excluding hydrogens is 258 g/mol. The average molecular weight is 275 g/mol. The molecule has 3 rings (SSSR count). The molecule has 0 radical (unpaired) electrons. The first-order valence-electron chi connectivity index (χ1n) is 6.47. The minimum atomic E-state index is -0.545. The van der Waals surface area contributed by atoms with Gasteiger partial charge in [0.05, 0.1) is 6.61 Å². The summed E-state index contributed by atoms with van der Waals surface area (Å²) in [6.45, 7) is 4.68. The number of nitrogens with two attached hydrogens (primary N) is 1. The highest BCUT2D eigenvalue weighted by Crippen LogP contribution is 2.25. The molecule has 1 aromatic carbocycles. The van der Waals surface area contributed by atoms with Crippen LogP contribution in [0.1, 0.15) is 25.0 Å². The number of benzene rings is 1. The zero-order chi connectivity index (χ0) is 14.3. The minimum absolute atomic E-state index is 0.0842. The maximum absolute atomic E-state index is 7.74. The van der Waals surface area contributed by atoms with Gasteiger partial charge >= 0.3 is 0 Å². The molecule has 1 unspecified atom stereocenters. The molecule has 1 aromatic rings. The first-order valence-corrected chi connectivity index (χ1v) is 6.47. The Morgan fingerprint density at radius 1 is 1.45 bits per heavy atom. The van der Waals surface area contributed by atoms with Crippen molar-refractivity contribution in [2.24, 2.45) is 10.7 Å². The van der Waals surface area contributed by atoms with Crippen LogP contribution in [0.5, 0.6) is 5.75 Å². The van der Waals surface area contributed by atoms with Crippen LogP contribution in [0.3, 0.4) is 0 Å². The topological polar surface area (TPSA) is 89.9 Å². The van der Waals surface area contributed by atoms with Gasteiger partial charge in [0.15, 0.2) is 11.6 Å². The molecule has 0 saturated carbocycles. The van der Waals surface area contributed by atoms with E-state index in [-0.39, 0.29) is 11.9 Å². The third-order valence-electron chi connectivity index (χ3n) is 3.26. The first kappa shape index (κ1) is 13.1. The molecule has 0 aromatic heterocycles. The van der Waals surface area contributed by atoms with Gasteiger partial charge in [-0.3, -0.25) is 5.41 Å². The van der Waals surface area contributed by atoms with Gasteiger partial charge in [0.25, 0.3) is 0 Å². The van der Waals surface area contributed by atoms with E-state index in [2.05, 4.69) is 4.99 Å². The Morgan fingerprint density at radius 2 is 2.25 bits per heavy atom. The Balaban J connectivity index is 1.66. The zero-order valence-corrected chi connectivity index (χ0v) is 11.5. The summed E-state index contributed by atoms with van der Waals surface area (Å²) >= 11 is 0. The number of rotatable bonds is 3. The SMILES string of the molecule is CC1(C)OCC(COc2ccc3c(c2)C(=N)N=C3N)O1. The van der Waals surface area contributed by atoms with Crippen LogP contribution in [0.2, 0.25) is 0 Å². The quantitative estimate of drug-likeness (QED) is 0.869. The largest absolute Gasteiger partial charge is 0.491 e. The first-order chi connectivity index (χ1) is 9.44. The third kappa shape index (κ3) is 2.39. The van der Waals surface area contributed by atoms with E-state index in [4.69, 9.17) is 25.4 Å². The summed E-state index contributed by atoms with van der Waals surface area (Å²) in [5.41, 5.74) is 7.20. The predicted octanol–water partition coefficient (Wildman–Crippen LogP) is 1.26. The van der Waals surface area contributed by atoms with E-state index in [1.807, 2.05) is 26.0 Å². The molecule has 106 valence electrons. The van der Waals surface area contributed by atoms with Crippen molar-refractivity contribution in [2.75, 3.05) is 13.2 Å². The van der Waals surface area contributed by atoms with Gasteiger partial charge in [-0.15, -0.1) is 0 Å². The van der Waals surface area contributed by atoms with Crippen molar-refractivity contribution >= 4 is 11.7 Å². The molecule has 0 spiro atoms. The van der Waals surface area contributed by atoms with Gasteiger partial charge in [0.2, 0.25) is 0 Å². The number of nitrogens with one attached hydrogen (secondary N) is 1. The third-order valence-corrected chi connectivity index (χ3v) is 3.26. The van der Waals surface area contributed by atoms with Gasteiger partial charge in [0, 0.05) is 11.1 Å². The van der Waals surface area contributed by atoms with Gasteiger partial charge in [-0.2, -0.15) is 0 Å². The van der Waals surface area contributed by atoms with Gasteiger partial charge in [-0.25, -0.2) is 4.99 Å². The van der Waals surface area contributed by atoms with E-state index < -0.39 is 5.79 Å². The van der Waals surface area contributed by atoms with Crippen molar-refractivity contribution in [1.29, 1.82) is 5.41 Å². The lowest BCUT2D eigenvalue weighted by Gasteiger charge is -2.17. The van der Waals surface area contributed by atoms with Gasteiger partial charge < -0.3 is 19.9 Å². The number of nitrogens with zero attached hydrogens (tertiary/aromatic N) is 1. The standard InChI is InChI=1S/C14H17N3O3/c1-14(2)19-7-9(20-14)6-18-8-3-4-10-11(5-8)13(16)17-12(10)15/h3-5,9H,6-7H2,1-2H3,(H3,15,16,17). The van der Waals surface area contributed by atoms with E-state index in [1.165, 1.54) is 0 Å². The van der Waals surface area contributed by atoms with Gasteiger partial charge in [0.1, 0.15) is 24.3 Å².